The molecule has 0 amide bonds. The highest BCUT2D eigenvalue weighted by atomic mass is 16.3. The lowest BCUT2D eigenvalue weighted by Crippen LogP contribution is -2.24. The van der Waals surface area contributed by atoms with Crippen molar-refractivity contribution in [2.45, 2.75) is 33.3 Å². The Bertz CT molecular complexity index is 354. The number of aliphatic hydroxyl groups excluding tert-OH is 1. The normalized spacial score (nSPS) is 12.3. The molecule has 0 radical (unpaired) electrons. The second-order valence-electron chi connectivity index (χ2n) is 4.29. The molecular weight excluding hydrogens is 216 g/mol. The second kappa shape index (κ2) is 6.39. The first-order chi connectivity index (χ1) is 8.04. The molecule has 0 fully saturated rings. The van der Waals surface area contributed by atoms with Crippen molar-refractivity contribution in [1.82, 2.24) is 9.97 Å². The first-order valence-electron chi connectivity index (χ1n) is 6.01. The standard InChI is InChI=1S/C12H22N4O/c1-5-13-12-14-8-9(2)11(15-12)16(4)7-6-10(3)17/h8,10,17H,5-7H2,1-4H3,(H,13,14,15). The zero-order valence-electron chi connectivity index (χ0n) is 11.1. The highest BCUT2D eigenvalue weighted by Gasteiger charge is 2.09. The van der Waals surface area contributed by atoms with Gasteiger partial charge in [0.25, 0.3) is 0 Å². The number of nitrogens with one attached hydrogen (secondary N) is 1. The van der Waals surface area contributed by atoms with E-state index in [1.54, 1.807) is 6.92 Å². The van der Waals surface area contributed by atoms with Gasteiger partial charge in [0.2, 0.25) is 5.95 Å². The summed E-state index contributed by atoms with van der Waals surface area (Å²) in [7, 11) is 1.98. The maximum Gasteiger partial charge on any atom is 0.224 e. The number of aliphatic hydroxyl groups is 1. The van der Waals surface area contributed by atoms with Crippen LogP contribution in [0.5, 0.6) is 0 Å². The molecule has 1 atom stereocenters. The van der Waals surface area contributed by atoms with Crippen molar-refractivity contribution in [2.24, 2.45) is 0 Å². The molecule has 1 unspecified atom stereocenters. The summed E-state index contributed by atoms with van der Waals surface area (Å²) in [5, 5.41) is 12.4. The highest BCUT2D eigenvalue weighted by molar-refractivity contribution is 5.48. The summed E-state index contributed by atoms with van der Waals surface area (Å²) >= 11 is 0. The number of anilines is 2. The van der Waals surface area contributed by atoms with E-state index < -0.39 is 0 Å². The summed E-state index contributed by atoms with van der Waals surface area (Å²) in [5.41, 5.74) is 1.04. The molecule has 0 saturated carbocycles. The SMILES string of the molecule is CCNc1ncc(C)c(N(C)CCC(C)O)n1. The predicted molar refractivity (Wildman–Crippen MR) is 70.5 cm³/mol. The number of hydrogen-bond donors (Lipinski definition) is 2. The van der Waals surface area contributed by atoms with Gasteiger partial charge in [0.15, 0.2) is 0 Å². The molecule has 0 saturated heterocycles. The fourth-order valence-electron chi connectivity index (χ4n) is 1.55. The molecule has 1 rings (SSSR count). The molecule has 0 aliphatic carbocycles. The van der Waals surface area contributed by atoms with Gasteiger partial charge in [-0.15, -0.1) is 0 Å². The Morgan fingerprint density at radius 1 is 1.53 bits per heavy atom. The van der Waals surface area contributed by atoms with E-state index in [1.165, 1.54) is 0 Å². The first-order valence-corrected chi connectivity index (χ1v) is 6.01. The molecule has 1 aromatic heterocycles. The lowest BCUT2D eigenvalue weighted by atomic mass is 10.2. The van der Waals surface area contributed by atoms with Crippen LogP contribution in [0.3, 0.4) is 0 Å². The zero-order chi connectivity index (χ0) is 12.8. The fraction of sp³-hybridized carbons (Fsp3) is 0.667. The Morgan fingerprint density at radius 3 is 2.82 bits per heavy atom. The number of aryl methyl sites for hydroxylation is 1. The van der Waals surface area contributed by atoms with Gasteiger partial charge in [-0.2, -0.15) is 4.98 Å². The Balaban J connectivity index is 2.76. The van der Waals surface area contributed by atoms with Crippen molar-refractivity contribution in [3.8, 4) is 0 Å². The van der Waals surface area contributed by atoms with E-state index in [1.807, 2.05) is 32.0 Å². The van der Waals surface area contributed by atoms with E-state index >= 15 is 0 Å². The van der Waals surface area contributed by atoms with Gasteiger partial charge in [-0.05, 0) is 27.2 Å². The van der Waals surface area contributed by atoms with Crippen molar-refractivity contribution in [3.63, 3.8) is 0 Å². The van der Waals surface area contributed by atoms with E-state index in [9.17, 15) is 5.11 Å². The Kier molecular flexibility index (Phi) is 5.15. The van der Waals surface area contributed by atoms with Crippen molar-refractivity contribution in [3.05, 3.63) is 11.8 Å². The van der Waals surface area contributed by atoms with Gasteiger partial charge in [0.05, 0.1) is 6.10 Å². The average Bonchev–Trinajstić information content (AvgIpc) is 2.29. The Hall–Kier alpha value is -1.36. The average molecular weight is 238 g/mol. The topological polar surface area (TPSA) is 61.3 Å². The summed E-state index contributed by atoms with van der Waals surface area (Å²) < 4.78 is 0. The minimum Gasteiger partial charge on any atom is -0.393 e. The molecule has 1 heterocycles. The van der Waals surface area contributed by atoms with Crippen LogP contribution in [-0.4, -0.2) is 41.3 Å². The number of aromatic nitrogens is 2. The van der Waals surface area contributed by atoms with Crippen LogP contribution in [0.15, 0.2) is 6.20 Å². The molecule has 2 N–H and O–H groups in total. The van der Waals surface area contributed by atoms with Crippen molar-refractivity contribution < 1.29 is 5.11 Å². The van der Waals surface area contributed by atoms with Crippen molar-refractivity contribution >= 4 is 11.8 Å². The third-order valence-electron chi connectivity index (χ3n) is 2.52. The molecule has 5 nitrogen and oxygen atoms in total. The zero-order valence-corrected chi connectivity index (χ0v) is 11.1. The molecule has 0 aromatic carbocycles. The third-order valence-corrected chi connectivity index (χ3v) is 2.52. The minimum atomic E-state index is -0.284. The van der Waals surface area contributed by atoms with Gasteiger partial charge in [-0.25, -0.2) is 4.98 Å². The smallest absolute Gasteiger partial charge is 0.224 e. The van der Waals surface area contributed by atoms with Crippen LogP contribution in [0.25, 0.3) is 0 Å². The van der Waals surface area contributed by atoms with Crippen molar-refractivity contribution in [2.75, 3.05) is 30.4 Å². The minimum absolute atomic E-state index is 0.284. The van der Waals surface area contributed by atoms with E-state index in [4.69, 9.17) is 0 Å². The Labute approximate surface area is 103 Å². The number of nitrogens with zero attached hydrogens (tertiary/aromatic N) is 3. The molecule has 5 heteroatoms. The van der Waals surface area contributed by atoms with Crippen LogP contribution in [0, 0.1) is 6.92 Å². The van der Waals surface area contributed by atoms with Gasteiger partial charge < -0.3 is 15.3 Å². The second-order valence-corrected chi connectivity index (χ2v) is 4.29. The fourth-order valence-corrected chi connectivity index (χ4v) is 1.55. The van der Waals surface area contributed by atoms with Gasteiger partial charge in [0.1, 0.15) is 5.82 Å². The Morgan fingerprint density at radius 2 is 2.24 bits per heavy atom. The van der Waals surface area contributed by atoms with E-state index in [0.717, 1.165) is 30.9 Å². The number of hydrogen-bond acceptors (Lipinski definition) is 5. The molecule has 0 aliphatic heterocycles. The largest absolute Gasteiger partial charge is 0.393 e. The maximum atomic E-state index is 9.28. The molecule has 17 heavy (non-hydrogen) atoms. The van der Waals surface area contributed by atoms with Crippen LogP contribution in [0.2, 0.25) is 0 Å². The van der Waals surface area contributed by atoms with Crippen LogP contribution in [0.1, 0.15) is 25.8 Å². The molecule has 1 aromatic rings. The van der Waals surface area contributed by atoms with Crippen LogP contribution in [0.4, 0.5) is 11.8 Å². The summed E-state index contributed by atoms with van der Waals surface area (Å²) in [6.07, 6.45) is 2.27. The van der Waals surface area contributed by atoms with E-state index in [-0.39, 0.29) is 6.10 Å². The molecule has 0 bridgehead atoms. The first kappa shape index (κ1) is 13.7. The van der Waals surface area contributed by atoms with E-state index in [2.05, 4.69) is 15.3 Å². The van der Waals surface area contributed by atoms with E-state index in [0.29, 0.717) is 5.95 Å². The molecule has 96 valence electrons. The summed E-state index contributed by atoms with van der Waals surface area (Å²) in [4.78, 5) is 10.7. The monoisotopic (exact) mass is 238 g/mol. The van der Waals surface area contributed by atoms with Gasteiger partial charge in [-0.1, -0.05) is 0 Å². The van der Waals surface area contributed by atoms with Gasteiger partial charge >= 0.3 is 0 Å². The molecular formula is C12H22N4O. The predicted octanol–water partition coefficient (Wildman–Crippen LogP) is 1.42. The number of rotatable bonds is 6. The van der Waals surface area contributed by atoms with Crippen LogP contribution in [-0.2, 0) is 0 Å². The van der Waals surface area contributed by atoms with Crippen LogP contribution >= 0.6 is 0 Å². The van der Waals surface area contributed by atoms with Crippen molar-refractivity contribution in [1.29, 1.82) is 0 Å². The summed E-state index contributed by atoms with van der Waals surface area (Å²) in [5.74, 6) is 1.56. The van der Waals surface area contributed by atoms with Gasteiger partial charge in [0, 0.05) is 31.9 Å². The summed E-state index contributed by atoms with van der Waals surface area (Å²) in [6, 6.07) is 0. The van der Waals surface area contributed by atoms with Gasteiger partial charge in [-0.3, -0.25) is 0 Å². The maximum absolute atomic E-state index is 9.28. The van der Waals surface area contributed by atoms with Crippen LogP contribution < -0.4 is 10.2 Å². The molecule has 0 spiro atoms. The molecule has 0 aliphatic rings. The highest BCUT2D eigenvalue weighted by Crippen LogP contribution is 2.16. The lowest BCUT2D eigenvalue weighted by molar-refractivity contribution is 0.187. The summed E-state index contributed by atoms with van der Waals surface area (Å²) in [6.45, 7) is 7.38. The third kappa shape index (κ3) is 4.19. The lowest BCUT2D eigenvalue weighted by Gasteiger charge is -2.21. The quantitative estimate of drug-likeness (QED) is 0.785.